The number of carbonyl (C=O) groups is 1. The number of aryl methyl sites for hydroxylation is 2. The van der Waals surface area contributed by atoms with Gasteiger partial charge in [-0.05, 0) is 54.8 Å². The summed E-state index contributed by atoms with van der Waals surface area (Å²) in [5.41, 5.74) is 4.88. The number of benzene rings is 2. The molecule has 0 spiro atoms. The molecule has 0 saturated heterocycles. The number of aromatic nitrogens is 4. The molecule has 0 aliphatic carbocycles. The molecule has 1 aliphatic heterocycles. The normalized spacial score (nSPS) is 12.7. The lowest BCUT2D eigenvalue weighted by Crippen LogP contribution is -2.09. The van der Waals surface area contributed by atoms with E-state index in [1.54, 1.807) is 36.4 Å². The Morgan fingerprint density at radius 3 is 2.80 bits per heavy atom. The van der Waals surface area contributed by atoms with Crippen molar-refractivity contribution in [2.45, 2.75) is 25.9 Å². The van der Waals surface area contributed by atoms with E-state index < -0.39 is 11.8 Å². The fraction of sp³-hybridized carbons (Fsp3) is 0.242. The summed E-state index contributed by atoms with van der Waals surface area (Å²) < 4.78 is 40.2. The standard InChI is InChI=1S/C33H28FN5O5/c1-39-27-12-22(33(40)42-3)13-29(41-2)32(27)38-30(39)14-21-11-24(34)23-15-28(21)43-9-5-6-20-10-19(16-35)17-36-26(20)18-44-31-8-4-7-25(23)37-31/h4,7-8,10-13,15,17H,5-6,9,14,18H2,1-3H3. The molecular formula is C33H28FN5O5. The number of nitriles is 1. The SMILES string of the molecule is COC(=O)c1cc(OC)c2nc(Cc3cc(F)c4cc3OCCCc3cc(C#N)cnc3COc3cccc-4n3)n(C)c2c1. The minimum Gasteiger partial charge on any atom is -0.494 e. The topological polar surface area (TPSA) is 121 Å². The van der Waals surface area contributed by atoms with Crippen molar-refractivity contribution in [3.05, 3.63) is 94.3 Å². The first-order valence-electron chi connectivity index (χ1n) is 13.9. The molecule has 10 nitrogen and oxygen atoms in total. The molecule has 0 fully saturated rings. The Bertz CT molecular complexity index is 1950. The number of fused-ring (bicyclic) bond motifs is 7. The summed E-state index contributed by atoms with van der Waals surface area (Å²) in [6, 6.07) is 15.5. The third kappa shape index (κ3) is 5.49. The van der Waals surface area contributed by atoms with Gasteiger partial charge in [0.2, 0.25) is 5.88 Å². The smallest absolute Gasteiger partial charge is 0.338 e. The zero-order valence-corrected chi connectivity index (χ0v) is 24.4. The largest absolute Gasteiger partial charge is 0.494 e. The van der Waals surface area contributed by atoms with Crippen LogP contribution in [-0.2, 0) is 31.2 Å². The maximum absolute atomic E-state index is 15.7. The average molecular weight is 594 g/mol. The molecule has 4 heterocycles. The van der Waals surface area contributed by atoms with Crippen LogP contribution >= 0.6 is 0 Å². The van der Waals surface area contributed by atoms with Gasteiger partial charge >= 0.3 is 5.97 Å². The highest BCUT2D eigenvalue weighted by atomic mass is 19.1. The van der Waals surface area contributed by atoms with Crippen LogP contribution < -0.4 is 14.2 Å². The number of imidazole rings is 1. The van der Waals surface area contributed by atoms with E-state index in [4.69, 9.17) is 23.9 Å². The number of halogens is 1. The fourth-order valence-electron chi connectivity index (χ4n) is 5.27. The van der Waals surface area contributed by atoms with Gasteiger partial charge in [-0.15, -0.1) is 0 Å². The molecule has 0 unspecified atom stereocenters. The van der Waals surface area contributed by atoms with Gasteiger partial charge in [0, 0.05) is 36.9 Å². The summed E-state index contributed by atoms with van der Waals surface area (Å²) in [7, 11) is 4.65. The van der Waals surface area contributed by atoms with Gasteiger partial charge < -0.3 is 23.5 Å². The van der Waals surface area contributed by atoms with Crippen molar-refractivity contribution < 1.29 is 28.1 Å². The molecular weight excluding hydrogens is 565 g/mol. The predicted octanol–water partition coefficient (Wildman–Crippen LogP) is 5.33. The van der Waals surface area contributed by atoms with Crippen molar-refractivity contribution >= 4 is 17.0 Å². The van der Waals surface area contributed by atoms with Crippen molar-refractivity contribution in [3.63, 3.8) is 0 Å². The van der Waals surface area contributed by atoms with E-state index in [1.807, 2.05) is 17.7 Å². The van der Waals surface area contributed by atoms with Crippen LogP contribution in [0.1, 0.15) is 45.0 Å². The van der Waals surface area contributed by atoms with Crippen LogP contribution in [0.5, 0.6) is 17.4 Å². The van der Waals surface area contributed by atoms with Crippen LogP contribution in [0.15, 0.2) is 54.7 Å². The van der Waals surface area contributed by atoms with Crippen molar-refractivity contribution in [1.29, 1.82) is 5.26 Å². The number of hydrogen-bond acceptors (Lipinski definition) is 9. The summed E-state index contributed by atoms with van der Waals surface area (Å²) in [6.07, 6.45) is 2.98. The molecule has 0 amide bonds. The summed E-state index contributed by atoms with van der Waals surface area (Å²) >= 11 is 0. The Morgan fingerprint density at radius 1 is 1.14 bits per heavy atom. The molecule has 2 aromatic carbocycles. The Balaban J connectivity index is 1.40. The molecule has 4 bridgehead atoms. The predicted molar refractivity (Wildman–Crippen MR) is 158 cm³/mol. The van der Waals surface area contributed by atoms with E-state index in [0.717, 1.165) is 5.56 Å². The van der Waals surface area contributed by atoms with E-state index in [2.05, 4.69) is 16.0 Å². The lowest BCUT2D eigenvalue weighted by molar-refractivity contribution is 0.0600. The summed E-state index contributed by atoms with van der Waals surface area (Å²) in [5, 5.41) is 9.38. The zero-order chi connectivity index (χ0) is 30.8. The van der Waals surface area contributed by atoms with Gasteiger partial charge in [0.25, 0.3) is 0 Å². The Morgan fingerprint density at radius 2 is 2.00 bits per heavy atom. The van der Waals surface area contributed by atoms with Crippen molar-refractivity contribution in [2.24, 2.45) is 7.05 Å². The minimum atomic E-state index is -0.494. The molecule has 0 atom stereocenters. The number of esters is 1. The van der Waals surface area contributed by atoms with Gasteiger partial charge in [-0.25, -0.2) is 19.2 Å². The van der Waals surface area contributed by atoms with E-state index in [1.165, 1.54) is 26.5 Å². The lowest BCUT2D eigenvalue weighted by atomic mass is 10.0. The number of methoxy groups -OCH3 is 2. The first-order valence-corrected chi connectivity index (χ1v) is 13.9. The molecule has 11 heteroatoms. The third-order valence-corrected chi connectivity index (χ3v) is 7.58. The van der Waals surface area contributed by atoms with Crippen LogP contribution in [0.25, 0.3) is 22.3 Å². The fourth-order valence-corrected chi connectivity index (χ4v) is 5.27. The zero-order valence-electron chi connectivity index (χ0n) is 24.4. The maximum atomic E-state index is 15.7. The van der Waals surface area contributed by atoms with E-state index >= 15 is 4.39 Å². The second kappa shape index (κ2) is 12.0. The summed E-state index contributed by atoms with van der Waals surface area (Å²) in [6.45, 7) is 0.496. The number of ether oxygens (including phenoxy) is 4. The highest BCUT2D eigenvalue weighted by Gasteiger charge is 2.21. The van der Waals surface area contributed by atoms with Gasteiger partial charge in [0.1, 0.15) is 41.3 Å². The van der Waals surface area contributed by atoms with Crippen LogP contribution in [0.3, 0.4) is 0 Å². The number of pyridine rings is 2. The summed E-state index contributed by atoms with van der Waals surface area (Å²) in [5.74, 6) is 0.888. The van der Waals surface area contributed by atoms with E-state index in [-0.39, 0.29) is 18.6 Å². The van der Waals surface area contributed by atoms with Crippen LogP contribution in [0.4, 0.5) is 4.39 Å². The number of carbonyl (C=O) groups excluding carboxylic acids is 1. The number of hydrogen-bond donors (Lipinski definition) is 0. The lowest BCUT2D eigenvalue weighted by Gasteiger charge is -2.16. The number of rotatable bonds is 4. The summed E-state index contributed by atoms with van der Waals surface area (Å²) in [4.78, 5) is 26.0. The second-order valence-corrected chi connectivity index (χ2v) is 10.3. The second-order valence-electron chi connectivity index (χ2n) is 10.3. The van der Waals surface area contributed by atoms with Crippen molar-refractivity contribution in [1.82, 2.24) is 19.5 Å². The van der Waals surface area contributed by atoms with Crippen molar-refractivity contribution in [3.8, 4) is 34.7 Å². The molecule has 1 aliphatic rings. The van der Waals surface area contributed by atoms with Crippen molar-refractivity contribution in [2.75, 3.05) is 20.8 Å². The molecule has 0 saturated carbocycles. The monoisotopic (exact) mass is 593 g/mol. The molecule has 44 heavy (non-hydrogen) atoms. The van der Waals surface area contributed by atoms with Gasteiger partial charge in [-0.3, -0.25) is 4.98 Å². The quantitative estimate of drug-likeness (QED) is 0.255. The average Bonchev–Trinajstić information content (AvgIpc) is 3.36. The molecule has 0 N–H and O–H groups in total. The molecule has 3 aromatic heterocycles. The molecule has 222 valence electrons. The van der Waals surface area contributed by atoms with E-state index in [0.29, 0.717) is 81.8 Å². The first kappa shape index (κ1) is 28.6. The highest BCUT2D eigenvalue weighted by Crippen LogP contribution is 2.34. The maximum Gasteiger partial charge on any atom is 0.338 e. The number of nitrogens with zero attached hydrogens (tertiary/aromatic N) is 5. The van der Waals surface area contributed by atoms with E-state index in [9.17, 15) is 10.1 Å². The van der Waals surface area contributed by atoms with Gasteiger partial charge in [-0.2, -0.15) is 5.26 Å². The first-order chi connectivity index (χ1) is 21.4. The van der Waals surface area contributed by atoms with Crippen LogP contribution in [-0.4, -0.2) is 46.3 Å². The van der Waals surface area contributed by atoms with Gasteiger partial charge in [0.15, 0.2) is 0 Å². The van der Waals surface area contributed by atoms with Crippen LogP contribution in [0.2, 0.25) is 0 Å². The molecule has 6 rings (SSSR count). The Kier molecular flexibility index (Phi) is 7.81. The Labute approximate surface area is 252 Å². The minimum absolute atomic E-state index is 0.162. The van der Waals surface area contributed by atoms with Crippen LogP contribution in [0, 0.1) is 17.1 Å². The van der Waals surface area contributed by atoms with Gasteiger partial charge in [-0.1, -0.05) is 6.07 Å². The van der Waals surface area contributed by atoms with Gasteiger partial charge in [0.05, 0.1) is 48.9 Å². The Hall–Kier alpha value is -5.50. The molecule has 0 radical (unpaired) electrons. The highest BCUT2D eigenvalue weighted by molar-refractivity contribution is 5.96. The third-order valence-electron chi connectivity index (χ3n) is 7.58. The molecule has 5 aromatic rings.